The third-order valence-corrected chi connectivity index (χ3v) is 3.10. The van der Waals surface area contributed by atoms with Crippen LogP contribution in [0.3, 0.4) is 0 Å². The Morgan fingerprint density at radius 2 is 2.11 bits per heavy atom. The van der Waals surface area contributed by atoms with Crippen molar-refractivity contribution in [2.45, 2.75) is 52.5 Å². The second-order valence-electron chi connectivity index (χ2n) is 5.42. The number of hydrogen-bond donors (Lipinski definition) is 2. The molecule has 18 heavy (non-hydrogen) atoms. The Bertz CT molecular complexity index is 336. The van der Waals surface area contributed by atoms with Gasteiger partial charge < -0.3 is 11.1 Å². The van der Waals surface area contributed by atoms with E-state index in [1.807, 2.05) is 6.07 Å². The van der Waals surface area contributed by atoms with E-state index in [9.17, 15) is 0 Å². The summed E-state index contributed by atoms with van der Waals surface area (Å²) in [6.07, 6.45) is 6.50. The van der Waals surface area contributed by atoms with E-state index in [0.717, 1.165) is 18.9 Å². The van der Waals surface area contributed by atoms with E-state index in [1.165, 1.54) is 24.8 Å². The van der Waals surface area contributed by atoms with E-state index in [0.29, 0.717) is 11.9 Å². The lowest BCUT2D eigenvalue weighted by atomic mass is 9.98. The van der Waals surface area contributed by atoms with Crippen LogP contribution in [0.5, 0.6) is 0 Å². The summed E-state index contributed by atoms with van der Waals surface area (Å²) in [6.45, 7) is 7.85. The summed E-state index contributed by atoms with van der Waals surface area (Å²) in [5.41, 5.74) is 7.00. The van der Waals surface area contributed by atoms with Gasteiger partial charge in [0.15, 0.2) is 0 Å². The summed E-state index contributed by atoms with van der Waals surface area (Å²) in [4.78, 5) is 4.04. The molecule has 1 atom stereocenters. The fourth-order valence-corrected chi connectivity index (χ4v) is 2.07. The van der Waals surface area contributed by atoms with E-state index in [-0.39, 0.29) is 0 Å². The van der Waals surface area contributed by atoms with Gasteiger partial charge in [0, 0.05) is 12.2 Å². The van der Waals surface area contributed by atoms with Gasteiger partial charge in [-0.3, -0.25) is 0 Å². The predicted molar refractivity (Wildman–Crippen MR) is 78.5 cm³/mol. The second-order valence-corrected chi connectivity index (χ2v) is 5.42. The van der Waals surface area contributed by atoms with Gasteiger partial charge in [-0.25, -0.2) is 4.98 Å². The topological polar surface area (TPSA) is 50.9 Å². The van der Waals surface area contributed by atoms with Crippen LogP contribution in [-0.2, 0) is 6.42 Å². The van der Waals surface area contributed by atoms with Crippen molar-refractivity contribution < 1.29 is 0 Å². The van der Waals surface area contributed by atoms with Crippen LogP contribution in [0.25, 0.3) is 0 Å². The highest BCUT2D eigenvalue weighted by atomic mass is 14.9. The number of pyridine rings is 1. The van der Waals surface area contributed by atoms with Crippen LogP contribution in [0.15, 0.2) is 18.3 Å². The summed E-state index contributed by atoms with van der Waals surface area (Å²) < 4.78 is 0. The summed E-state index contributed by atoms with van der Waals surface area (Å²) in [5.74, 6) is 1.38. The van der Waals surface area contributed by atoms with Crippen molar-refractivity contribution in [1.82, 2.24) is 10.3 Å². The first-order valence-corrected chi connectivity index (χ1v) is 7.05. The van der Waals surface area contributed by atoms with Crippen molar-refractivity contribution in [3.63, 3.8) is 0 Å². The number of hydrogen-bond acceptors (Lipinski definition) is 3. The fraction of sp³-hybridized carbons (Fsp3) is 0.667. The van der Waals surface area contributed by atoms with Crippen LogP contribution >= 0.6 is 0 Å². The van der Waals surface area contributed by atoms with Crippen molar-refractivity contribution in [2.75, 3.05) is 12.3 Å². The molecule has 3 heteroatoms. The van der Waals surface area contributed by atoms with Crippen LogP contribution < -0.4 is 11.1 Å². The van der Waals surface area contributed by atoms with Crippen LogP contribution in [0.1, 0.15) is 45.6 Å². The molecule has 0 aliphatic carbocycles. The van der Waals surface area contributed by atoms with Crippen molar-refractivity contribution in [3.05, 3.63) is 23.9 Å². The van der Waals surface area contributed by atoms with Crippen LogP contribution in [0.4, 0.5) is 5.82 Å². The number of nitrogen functional groups attached to an aromatic ring is 1. The molecule has 0 fully saturated rings. The summed E-state index contributed by atoms with van der Waals surface area (Å²) in [7, 11) is 0. The highest BCUT2D eigenvalue weighted by Gasteiger charge is 2.10. The highest BCUT2D eigenvalue weighted by Crippen LogP contribution is 2.13. The number of nitrogens with one attached hydrogen (secondary N) is 1. The van der Waals surface area contributed by atoms with Gasteiger partial charge in [0.2, 0.25) is 0 Å². The number of anilines is 1. The largest absolute Gasteiger partial charge is 0.384 e. The van der Waals surface area contributed by atoms with Crippen molar-refractivity contribution in [3.8, 4) is 0 Å². The molecule has 1 unspecified atom stereocenters. The monoisotopic (exact) mass is 249 g/mol. The Hall–Kier alpha value is -1.09. The maximum absolute atomic E-state index is 5.73. The number of aromatic nitrogens is 1. The molecule has 0 aliphatic heterocycles. The molecule has 0 radical (unpaired) electrons. The summed E-state index contributed by atoms with van der Waals surface area (Å²) >= 11 is 0. The van der Waals surface area contributed by atoms with Gasteiger partial charge in [0.25, 0.3) is 0 Å². The van der Waals surface area contributed by atoms with Crippen molar-refractivity contribution in [2.24, 2.45) is 5.92 Å². The average molecular weight is 249 g/mol. The first kappa shape index (κ1) is 15.0. The van der Waals surface area contributed by atoms with Gasteiger partial charge in [0.1, 0.15) is 5.82 Å². The number of rotatable bonds is 8. The lowest BCUT2D eigenvalue weighted by molar-refractivity contribution is 0.427. The van der Waals surface area contributed by atoms with Crippen molar-refractivity contribution in [1.29, 1.82) is 0 Å². The Morgan fingerprint density at radius 3 is 2.72 bits per heavy atom. The Morgan fingerprint density at radius 1 is 1.33 bits per heavy atom. The van der Waals surface area contributed by atoms with Gasteiger partial charge in [-0.15, -0.1) is 0 Å². The molecule has 1 rings (SSSR count). The molecular weight excluding hydrogens is 222 g/mol. The molecular formula is C15H27N3. The quantitative estimate of drug-likeness (QED) is 0.744. The van der Waals surface area contributed by atoms with E-state index >= 15 is 0 Å². The van der Waals surface area contributed by atoms with Crippen molar-refractivity contribution >= 4 is 5.82 Å². The minimum Gasteiger partial charge on any atom is -0.384 e. The third kappa shape index (κ3) is 6.01. The molecule has 0 saturated heterocycles. The zero-order valence-electron chi connectivity index (χ0n) is 11.9. The molecule has 0 spiro atoms. The fourth-order valence-electron chi connectivity index (χ4n) is 2.07. The zero-order chi connectivity index (χ0) is 13.4. The van der Waals surface area contributed by atoms with Gasteiger partial charge in [-0.2, -0.15) is 0 Å². The lowest BCUT2D eigenvalue weighted by Gasteiger charge is -2.19. The standard InChI is InChI=1S/C15H27N3/c1-4-8-17-14(6-5-12(2)3)10-13-7-9-18-15(16)11-13/h7,9,11-12,14,17H,4-6,8,10H2,1-3H3,(H2,16,18). The molecule has 0 aliphatic rings. The predicted octanol–water partition coefficient (Wildman–Crippen LogP) is 3.01. The minimum atomic E-state index is 0.550. The van der Waals surface area contributed by atoms with Crippen LogP contribution in [0.2, 0.25) is 0 Å². The minimum absolute atomic E-state index is 0.550. The molecule has 1 aromatic heterocycles. The molecule has 1 heterocycles. The Balaban J connectivity index is 2.53. The van der Waals surface area contributed by atoms with E-state index in [1.54, 1.807) is 6.20 Å². The molecule has 1 aromatic rings. The molecule has 102 valence electrons. The first-order valence-electron chi connectivity index (χ1n) is 7.05. The van der Waals surface area contributed by atoms with Gasteiger partial charge in [-0.1, -0.05) is 20.8 Å². The van der Waals surface area contributed by atoms with E-state index in [4.69, 9.17) is 5.73 Å². The van der Waals surface area contributed by atoms with Gasteiger partial charge in [-0.05, 0) is 55.8 Å². The molecule has 3 N–H and O–H groups in total. The second kappa shape index (κ2) is 8.09. The summed E-state index contributed by atoms with van der Waals surface area (Å²) in [6, 6.07) is 4.59. The molecule has 0 amide bonds. The lowest BCUT2D eigenvalue weighted by Crippen LogP contribution is -2.32. The Labute approximate surface area is 111 Å². The normalized spacial score (nSPS) is 12.9. The molecule has 3 nitrogen and oxygen atoms in total. The maximum atomic E-state index is 5.73. The highest BCUT2D eigenvalue weighted by molar-refractivity contribution is 5.32. The smallest absolute Gasteiger partial charge is 0.123 e. The summed E-state index contributed by atoms with van der Waals surface area (Å²) in [5, 5.41) is 3.63. The van der Waals surface area contributed by atoms with Gasteiger partial charge in [0.05, 0.1) is 0 Å². The average Bonchev–Trinajstić information content (AvgIpc) is 2.32. The Kier molecular flexibility index (Phi) is 6.73. The molecule has 0 bridgehead atoms. The number of nitrogens with two attached hydrogens (primary N) is 1. The van der Waals surface area contributed by atoms with E-state index < -0.39 is 0 Å². The van der Waals surface area contributed by atoms with Crippen LogP contribution in [-0.4, -0.2) is 17.6 Å². The van der Waals surface area contributed by atoms with E-state index in [2.05, 4.69) is 37.1 Å². The van der Waals surface area contributed by atoms with Gasteiger partial charge >= 0.3 is 0 Å². The molecule has 0 aromatic carbocycles. The third-order valence-electron chi connectivity index (χ3n) is 3.10. The zero-order valence-corrected chi connectivity index (χ0v) is 11.9. The first-order chi connectivity index (χ1) is 8.61. The maximum Gasteiger partial charge on any atom is 0.123 e. The SMILES string of the molecule is CCCNC(CCC(C)C)Cc1ccnc(N)c1. The van der Waals surface area contributed by atoms with Crippen LogP contribution in [0, 0.1) is 5.92 Å². The molecule has 0 saturated carbocycles. The number of nitrogens with zero attached hydrogens (tertiary/aromatic N) is 1.